The largest absolute Gasteiger partial charge is 0.378 e. The van der Waals surface area contributed by atoms with Crippen LogP contribution in [0.1, 0.15) is 17.5 Å². The van der Waals surface area contributed by atoms with Gasteiger partial charge in [-0.15, -0.1) is 11.3 Å². The lowest BCUT2D eigenvalue weighted by Gasteiger charge is -2.20. The number of aromatic nitrogens is 2. The third-order valence-electron chi connectivity index (χ3n) is 2.99. The first-order valence-corrected chi connectivity index (χ1v) is 7.38. The van der Waals surface area contributed by atoms with E-state index in [2.05, 4.69) is 25.9 Å². The highest BCUT2D eigenvalue weighted by atomic mass is 79.9. The van der Waals surface area contributed by atoms with Crippen molar-refractivity contribution in [1.82, 2.24) is 9.97 Å². The zero-order chi connectivity index (χ0) is 13.5. The maximum Gasteiger partial charge on any atom is 0.140 e. The molecule has 96 valence electrons. The second-order valence-corrected chi connectivity index (χ2v) is 6.39. The van der Waals surface area contributed by atoms with Crippen molar-refractivity contribution in [2.24, 2.45) is 0 Å². The summed E-state index contributed by atoms with van der Waals surface area (Å²) in [7, 11) is 0. The minimum absolute atomic E-state index is 0.675. The van der Waals surface area contributed by atoms with Gasteiger partial charge in [0.1, 0.15) is 10.6 Å². The fourth-order valence-electron chi connectivity index (χ4n) is 1.88. The summed E-state index contributed by atoms with van der Waals surface area (Å²) in [6.07, 6.45) is 3.36. The summed E-state index contributed by atoms with van der Waals surface area (Å²) in [6.45, 7) is 1.75. The Balaban J connectivity index is 2.13. The summed E-state index contributed by atoms with van der Waals surface area (Å²) < 4.78 is 2.06. The van der Waals surface area contributed by atoms with Crippen LogP contribution in [0, 0.1) is 0 Å². The van der Waals surface area contributed by atoms with Crippen LogP contribution in [-0.2, 0) is 5.60 Å². The Kier molecular flexibility index (Phi) is 3.12. The molecule has 3 rings (SSSR count). The number of halogens is 1. The minimum Gasteiger partial charge on any atom is -0.378 e. The molecule has 3 aromatic rings. The molecule has 0 aliphatic rings. The van der Waals surface area contributed by atoms with Gasteiger partial charge < -0.3 is 5.11 Å². The number of thiazole rings is 1. The van der Waals surface area contributed by atoms with E-state index in [4.69, 9.17) is 0 Å². The third kappa shape index (κ3) is 2.29. The second kappa shape index (κ2) is 4.67. The molecular formula is C14H11BrN2OS. The summed E-state index contributed by atoms with van der Waals surface area (Å²) in [5.74, 6) is 0. The molecule has 0 aliphatic heterocycles. The van der Waals surface area contributed by atoms with Gasteiger partial charge in [0.05, 0.1) is 10.2 Å². The summed E-state index contributed by atoms with van der Waals surface area (Å²) in [4.78, 5) is 8.58. The number of benzene rings is 1. The molecule has 0 spiro atoms. The van der Waals surface area contributed by atoms with Crippen LogP contribution in [0.4, 0.5) is 0 Å². The predicted octanol–water partition coefficient (Wildman–Crippen LogP) is 3.71. The summed E-state index contributed by atoms with van der Waals surface area (Å²) in [6, 6.07) is 9.57. The number of fused-ring (bicyclic) bond motifs is 1. The van der Waals surface area contributed by atoms with E-state index in [1.165, 1.54) is 11.3 Å². The normalized spacial score (nSPS) is 14.5. The average molecular weight is 335 g/mol. The van der Waals surface area contributed by atoms with Crippen molar-refractivity contribution >= 4 is 37.5 Å². The summed E-state index contributed by atoms with van der Waals surface area (Å²) in [5.41, 5.74) is 0.519. The molecule has 2 heterocycles. The minimum atomic E-state index is -1.12. The number of hydrogen-bond acceptors (Lipinski definition) is 4. The monoisotopic (exact) mass is 334 g/mol. The molecule has 0 fully saturated rings. The number of aliphatic hydroxyl groups is 1. The van der Waals surface area contributed by atoms with Crippen molar-refractivity contribution in [1.29, 1.82) is 0 Å². The van der Waals surface area contributed by atoms with Gasteiger partial charge in [0.25, 0.3) is 0 Å². The van der Waals surface area contributed by atoms with Crippen molar-refractivity contribution in [2.45, 2.75) is 12.5 Å². The van der Waals surface area contributed by atoms with Crippen molar-refractivity contribution in [3.05, 3.63) is 57.8 Å². The predicted molar refractivity (Wildman–Crippen MR) is 80.2 cm³/mol. The summed E-state index contributed by atoms with van der Waals surface area (Å²) in [5, 5.41) is 11.4. The van der Waals surface area contributed by atoms with Gasteiger partial charge in [-0.05, 0) is 31.2 Å². The smallest absolute Gasteiger partial charge is 0.140 e. The van der Waals surface area contributed by atoms with Crippen LogP contribution in [0.3, 0.4) is 0 Å². The van der Waals surface area contributed by atoms with Crippen molar-refractivity contribution in [3.8, 4) is 0 Å². The van der Waals surface area contributed by atoms with Gasteiger partial charge in [0.2, 0.25) is 0 Å². The highest BCUT2D eigenvalue weighted by Gasteiger charge is 2.29. The van der Waals surface area contributed by atoms with E-state index < -0.39 is 5.60 Å². The molecule has 3 nitrogen and oxygen atoms in total. The molecule has 1 N–H and O–H groups in total. The van der Waals surface area contributed by atoms with Crippen LogP contribution < -0.4 is 0 Å². The number of rotatable bonds is 2. The van der Waals surface area contributed by atoms with E-state index in [1.807, 2.05) is 30.3 Å². The highest BCUT2D eigenvalue weighted by Crippen LogP contribution is 2.35. The average Bonchev–Trinajstić information content (AvgIpc) is 2.83. The van der Waals surface area contributed by atoms with Gasteiger partial charge in [-0.25, -0.2) is 4.98 Å². The van der Waals surface area contributed by atoms with E-state index in [0.717, 1.165) is 20.3 Å². The van der Waals surface area contributed by atoms with E-state index in [0.29, 0.717) is 5.01 Å². The maximum absolute atomic E-state index is 10.7. The van der Waals surface area contributed by atoms with Crippen LogP contribution in [-0.4, -0.2) is 15.1 Å². The van der Waals surface area contributed by atoms with Gasteiger partial charge in [0, 0.05) is 22.4 Å². The van der Waals surface area contributed by atoms with Gasteiger partial charge in [-0.2, -0.15) is 0 Å². The maximum atomic E-state index is 10.7. The first kappa shape index (κ1) is 12.7. The van der Waals surface area contributed by atoms with Crippen molar-refractivity contribution in [2.75, 3.05) is 0 Å². The molecule has 0 radical (unpaired) electrons. The molecule has 0 aliphatic carbocycles. The Morgan fingerprint density at radius 1 is 1.32 bits per heavy atom. The molecule has 0 bridgehead atoms. The van der Waals surface area contributed by atoms with Crippen LogP contribution in [0.5, 0.6) is 0 Å². The molecule has 1 aromatic carbocycles. The number of pyridine rings is 1. The molecule has 0 saturated carbocycles. The van der Waals surface area contributed by atoms with E-state index in [-0.39, 0.29) is 0 Å². The fourth-order valence-corrected chi connectivity index (χ4v) is 3.47. The first-order chi connectivity index (χ1) is 9.07. The first-order valence-electron chi connectivity index (χ1n) is 5.77. The quantitative estimate of drug-likeness (QED) is 0.777. The lowest BCUT2D eigenvalue weighted by atomic mass is 9.99. The zero-order valence-corrected chi connectivity index (χ0v) is 12.6. The zero-order valence-electron chi connectivity index (χ0n) is 10.2. The molecule has 19 heavy (non-hydrogen) atoms. The van der Waals surface area contributed by atoms with Crippen molar-refractivity contribution in [3.63, 3.8) is 0 Å². The van der Waals surface area contributed by atoms with Crippen LogP contribution in [0.15, 0.2) is 47.2 Å². The van der Waals surface area contributed by atoms with Gasteiger partial charge in [0.15, 0.2) is 0 Å². The Hall–Kier alpha value is -1.30. The Bertz CT molecular complexity index is 725. The molecule has 0 saturated heterocycles. The van der Waals surface area contributed by atoms with Gasteiger partial charge in [-0.1, -0.05) is 22.0 Å². The molecule has 1 atom stereocenters. The topological polar surface area (TPSA) is 46.0 Å². The lowest BCUT2D eigenvalue weighted by Crippen LogP contribution is -2.22. The standard InChI is InChI=1S/C14H11BrN2OS/c1-14(18,9-3-2-6-16-8-9)13-17-11-5-4-10(15)7-12(11)19-13/h2-8,18H,1H3. The Labute approximate surface area is 123 Å². The van der Waals surface area contributed by atoms with Gasteiger partial charge in [-0.3, -0.25) is 4.98 Å². The fraction of sp³-hybridized carbons (Fsp3) is 0.143. The number of nitrogens with zero attached hydrogens (tertiary/aromatic N) is 2. The lowest BCUT2D eigenvalue weighted by molar-refractivity contribution is 0.102. The van der Waals surface area contributed by atoms with Crippen molar-refractivity contribution < 1.29 is 5.11 Å². The SMILES string of the molecule is CC(O)(c1cccnc1)c1nc2ccc(Br)cc2s1. The Morgan fingerprint density at radius 2 is 2.16 bits per heavy atom. The summed E-state index contributed by atoms with van der Waals surface area (Å²) >= 11 is 4.94. The van der Waals surface area contributed by atoms with Crippen LogP contribution >= 0.6 is 27.3 Å². The van der Waals surface area contributed by atoms with Crippen LogP contribution in [0.2, 0.25) is 0 Å². The number of hydrogen-bond donors (Lipinski definition) is 1. The highest BCUT2D eigenvalue weighted by molar-refractivity contribution is 9.10. The van der Waals surface area contributed by atoms with E-state index in [1.54, 1.807) is 19.3 Å². The molecular weight excluding hydrogens is 324 g/mol. The van der Waals surface area contributed by atoms with E-state index >= 15 is 0 Å². The van der Waals surface area contributed by atoms with Crippen LogP contribution in [0.25, 0.3) is 10.2 Å². The van der Waals surface area contributed by atoms with E-state index in [9.17, 15) is 5.11 Å². The van der Waals surface area contributed by atoms with Gasteiger partial charge >= 0.3 is 0 Å². The molecule has 2 aromatic heterocycles. The molecule has 5 heteroatoms. The third-order valence-corrected chi connectivity index (χ3v) is 4.71. The second-order valence-electron chi connectivity index (χ2n) is 4.44. The molecule has 1 unspecified atom stereocenters. The Morgan fingerprint density at radius 3 is 2.89 bits per heavy atom. The molecule has 0 amide bonds.